The van der Waals surface area contributed by atoms with Gasteiger partial charge >= 0.3 is 12.1 Å². The minimum absolute atomic E-state index is 0.377. The molecule has 0 aliphatic carbocycles. The van der Waals surface area contributed by atoms with E-state index in [0.29, 0.717) is 34.2 Å². The van der Waals surface area contributed by atoms with Gasteiger partial charge in [-0.15, -0.1) is 0 Å². The molecular formula is C22H22N4O4. The van der Waals surface area contributed by atoms with Crippen molar-refractivity contribution in [3.63, 3.8) is 0 Å². The van der Waals surface area contributed by atoms with E-state index < -0.39 is 0 Å². The summed E-state index contributed by atoms with van der Waals surface area (Å²) in [5.74, 6) is 1.42. The van der Waals surface area contributed by atoms with Crippen LogP contribution >= 0.6 is 0 Å². The molecule has 0 saturated heterocycles. The van der Waals surface area contributed by atoms with Crippen LogP contribution in [-0.2, 0) is 0 Å². The van der Waals surface area contributed by atoms with E-state index in [2.05, 4.69) is 21.3 Å². The van der Waals surface area contributed by atoms with Gasteiger partial charge in [0.2, 0.25) is 0 Å². The lowest BCUT2D eigenvalue weighted by Gasteiger charge is -2.10. The number of methoxy groups -OCH3 is 2. The summed E-state index contributed by atoms with van der Waals surface area (Å²) in [4.78, 5) is 24.2. The van der Waals surface area contributed by atoms with E-state index in [0.717, 1.165) is 0 Å². The van der Waals surface area contributed by atoms with Gasteiger partial charge in [0.25, 0.3) is 0 Å². The van der Waals surface area contributed by atoms with Gasteiger partial charge in [-0.05, 0) is 72.8 Å². The van der Waals surface area contributed by atoms with Gasteiger partial charge in [-0.25, -0.2) is 9.59 Å². The maximum absolute atomic E-state index is 12.1. The van der Waals surface area contributed by atoms with Crippen molar-refractivity contribution in [2.45, 2.75) is 0 Å². The predicted octanol–water partition coefficient (Wildman–Crippen LogP) is 4.99. The molecule has 4 amide bonds. The van der Waals surface area contributed by atoms with Gasteiger partial charge in [0, 0.05) is 22.7 Å². The lowest BCUT2D eigenvalue weighted by molar-refractivity contribution is 0.261. The molecule has 0 aliphatic heterocycles. The Hall–Kier alpha value is -4.20. The Kier molecular flexibility index (Phi) is 6.73. The van der Waals surface area contributed by atoms with Crippen molar-refractivity contribution < 1.29 is 19.1 Å². The fraction of sp³-hybridized carbons (Fsp3) is 0.0909. The van der Waals surface area contributed by atoms with Crippen LogP contribution in [0.15, 0.2) is 72.8 Å². The molecule has 0 saturated carbocycles. The first-order valence-corrected chi connectivity index (χ1v) is 9.10. The summed E-state index contributed by atoms with van der Waals surface area (Å²) >= 11 is 0. The van der Waals surface area contributed by atoms with E-state index in [1.807, 2.05) is 0 Å². The number of nitrogens with one attached hydrogen (secondary N) is 4. The zero-order chi connectivity index (χ0) is 21.3. The molecule has 0 aromatic heterocycles. The van der Waals surface area contributed by atoms with Crippen LogP contribution in [-0.4, -0.2) is 26.3 Å². The molecule has 30 heavy (non-hydrogen) atoms. The van der Waals surface area contributed by atoms with E-state index in [1.54, 1.807) is 87.0 Å². The minimum Gasteiger partial charge on any atom is -0.497 e. The zero-order valence-corrected chi connectivity index (χ0v) is 16.6. The van der Waals surface area contributed by atoms with Crippen molar-refractivity contribution in [3.05, 3.63) is 72.8 Å². The Morgan fingerprint density at radius 1 is 0.500 bits per heavy atom. The summed E-state index contributed by atoms with van der Waals surface area (Å²) in [6.45, 7) is 0. The topological polar surface area (TPSA) is 101 Å². The smallest absolute Gasteiger partial charge is 0.323 e. The molecule has 0 spiro atoms. The number of hydrogen-bond acceptors (Lipinski definition) is 4. The maximum atomic E-state index is 12.1. The molecule has 3 aromatic carbocycles. The third-order valence-electron chi connectivity index (χ3n) is 4.10. The number of ether oxygens (including phenoxy) is 2. The van der Waals surface area contributed by atoms with Gasteiger partial charge in [0.05, 0.1) is 14.2 Å². The average Bonchev–Trinajstić information content (AvgIpc) is 2.76. The van der Waals surface area contributed by atoms with E-state index in [9.17, 15) is 9.59 Å². The highest BCUT2D eigenvalue weighted by atomic mass is 16.5. The number of carbonyl (C=O) groups excluding carboxylic acids is 2. The summed E-state index contributed by atoms with van der Waals surface area (Å²) in [5.41, 5.74) is 2.45. The number of amides is 4. The Balaban J connectivity index is 1.49. The van der Waals surface area contributed by atoms with Gasteiger partial charge in [0.15, 0.2) is 0 Å². The zero-order valence-electron chi connectivity index (χ0n) is 16.6. The van der Waals surface area contributed by atoms with Gasteiger partial charge in [-0.1, -0.05) is 0 Å². The van der Waals surface area contributed by atoms with Crippen molar-refractivity contribution in [1.29, 1.82) is 0 Å². The van der Waals surface area contributed by atoms with Crippen molar-refractivity contribution >= 4 is 34.8 Å². The van der Waals surface area contributed by atoms with Gasteiger partial charge in [-0.3, -0.25) is 0 Å². The van der Waals surface area contributed by atoms with Gasteiger partial charge in [-0.2, -0.15) is 0 Å². The summed E-state index contributed by atoms with van der Waals surface area (Å²) in [5, 5.41) is 10.9. The minimum atomic E-state index is -0.377. The Morgan fingerprint density at radius 2 is 0.733 bits per heavy atom. The second kappa shape index (κ2) is 9.83. The van der Waals surface area contributed by atoms with Gasteiger partial charge in [0.1, 0.15) is 11.5 Å². The number of rotatable bonds is 6. The van der Waals surface area contributed by atoms with Crippen LogP contribution in [0.2, 0.25) is 0 Å². The first-order chi connectivity index (χ1) is 14.6. The molecule has 0 radical (unpaired) electrons. The third-order valence-corrected chi connectivity index (χ3v) is 4.10. The molecular weight excluding hydrogens is 384 g/mol. The maximum Gasteiger partial charge on any atom is 0.323 e. The Labute approximate surface area is 174 Å². The van der Waals surface area contributed by atoms with E-state index in [1.165, 1.54) is 0 Å². The summed E-state index contributed by atoms with van der Waals surface area (Å²) in [6.07, 6.45) is 0. The third kappa shape index (κ3) is 5.90. The monoisotopic (exact) mass is 406 g/mol. The average molecular weight is 406 g/mol. The Morgan fingerprint density at radius 3 is 0.967 bits per heavy atom. The lowest BCUT2D eigenvalue weighted by atomic mass is 10.2. The molecule has 3 aromatic rings. The molecule has 0 heterocycles. The molecule has 0 fully saturated rings. The highest BCUT2D eigenvalue weighted by Crippen LogP contribution is 2.18. The highest BCUT2D eigenvalue weighted by molar-refractivity contribution is 6.01. The van der Waals surface area contributed by atoms with E-state index >= 15 is 0 Å². The van der Waals surface area contributed by atoms with Crippen molar-refractivity contribution in [2.75, 3.05) is 35.5 Å². The molecule has 8 heteroatoms. The second-order valence-corrected chi connectivity index (χ2v) is 6.19. The predicted molar refractivity (Wildman–Crippen MR) is 118 cm³/mol. The summed E-state index contributed by atoms with van der Waals surface area (Å²) in [6, 6.07) is 20.0. The highest BCUT2D eigenvalue weighted by Gasteiger charge is 2.06. The SMILES string of the molecule is COc1ccc(NC(=O)Nc2ccc(NC(=O)Nc3ccc(OC)cc3)cc2)cc1. The van der Waals surface area contributed by atoms with Crippen molar-refractivity contribution in [1.82, 2.24) is 0 Å². The molecule has 0 atom stereocenters. The van der Waals surface area contributed by atoms with E-state index in [-0.39, 0.29) is 12.1 Å². The largest absolute Gasteiger partial charge is 0.497 e. The van der Waals surface area contributed by atoms with Crippen LogP contribution in [0.5, 0.6) is 11.5 Å². The lowest BCUT2D eigenvalue weighted by Crippen LogP contribution is -2.20. The van der Waals surface area contributed by atoms with Crippen LogP contribution in [0.1, 0.15) is 0 Å². The number of anilines is 4. The summed E-state index contributed by atoms with van der Waals surface area (Å²) < 4.78 is 10.2. The summed E-state index contributed by atoms with van der Waals surface area (Å²) in [7, 11) is 3.16. The first-order valence-electron chi connectivity index (χ1n) is 9.10. The van der Waals surface area contributed by atoms with Crippen LogP contribution in [0.3, 0.4) is 0 Å². The number of urea groups is 2. The number of carbonyl (C=O) groups is 2. The molecule has 3 rings (SSSR count). The molecule has 0 aliphatic rings. The number of hydrogen-bond donors (Lipinski definition) is 4. The van der Waals surface area contributed by atoms with Crippen molar-refractivity contribution in [3.8, 4) is 11.5 Å². The van der Waals surface area contributed by atoms with Crippen molar-refractivity contribution in [2.24, 2.45) is 0 Å². The molecule has 8 nitrogen and oxygen atoms in total. The van der Waals surface area contributed by atoms with Crippen LogP contribution in [0.25, 0.3) is 0 Å². The van der Waals surface area contributed by atoms with Crippen LogP contribution < -0.4 is 30.7 Å². The standard InChI is InChI=1S/C22H22N4O4/c1-29-19-11-7-17(8-12-19)25-21(27)23-15-3-5-16(6-4-15)24-22(28)26-18-9-13-20(30-2)14-10-18/h3-14H,1-2H3,(H2,23,25,27)(H2,24,26,28). The molecule has 0 unspecified atom stereocenters. The first kappa shape index (κ1) is 20.5. The molecule has 154 valence electrons. The Bertz CT molecular complexity index is 905. The molecule has 0 bridgehead atoms. The van der Waals surface area contributed by atoms with E-state index in [4.69, 9.17) is 9.47 Å². The quantitative estimate of drug-likeness (QED) is 0.463. The second-order valence-electron chi connectivity index (χ2n) is 6.19. The fourth-order valence-corrected chi connectivity index (χ4v) is 2.57. The fourth-order valence-electron chi connectivity index (χ4n) is 2.57. The van der Waals surface area contributed by atoms with Gasteiger partial charge < -0.3 is 30.7 Å². The normalized spacial score (nSPS) is 9.93. The molecule has 4 N–H and O–H groups in total. The number of benzene rings is 3. The van der Waals surface area contributed by atoms with Crippen LogP contribution in [0, 0.1) is 0 Å². The van der Waals surface area contributed by atoms with Crippen LogP contribution in [0.4, 0.5) is 32.3 Å².